The Bertz CT molecular complexity index is 975. The molecular weight excluding hydrogens is 368 g/mol. The third kappa shape index (κ3) is 4.17. The third-order valence-corrected chi connectivity index (χ3v) is 4.72. The van der Waals surface area contributed by atoms with Crippen molar-refractivity contribution in [1.82, 2.24) is 9.55 Å². The second-order valence-electron chi connectivity index (χ2n) is 6.57. The van der Waals surface area contributed by atoms with Crippen molar-refractivity contribution in [2.24, 2.45) is 0 Å². The van der Waals surface area contributed by atoms with Gasteiger partial charge in [-0.2, -0.15) is 0 Å². The molecule has 1 aromatic heterocycles. The number of nitrogens with zero attached hydrogens (tertiary/aromatic N) is 2. The summed E-state index contributed by atoms with van der Waals surface area (Å²) < 4.78 is 18.3. The van der Waals surface area contributed by atoms with Crippen LogP contribution in [0, 0.1) is 0 Å². The summed E-state index contributed by atoms with van der Waals surface area (Å²) in [5.74, 6) is 1.76. The molecule has 6 heteroatoms. The second kappa shape index (κ2) is 8.92. The molecule has 0 aliphatic rings. The number of ether oxygens (including phenoxy) is 3. The van der Waals surface area contributed by atoms with E-state index < -0.39 is 0 Å². The molecule has 0 saturated heterocycles. The maximum atomic E-state index is 12.4. The second-order valence-corrected chi connectivity index (χ2v) is 6.57. The summed E-state index contributed by atoms with van der Waals surface area (Å²) >= 11 is 0. The number of rotatable bonds is 8. The van der Waals surface area contributed by atoms with Gasteiger partial charge in [-0.05, 0) is 62.4 Å². The smallest absolute Gasteiger partial charge is 0.195 e. The summed E-state index contributed by atoms with van der Waals surface area (Å²) in [5.41, 5.74) is 3.35. The first-order valence-corrected chi connectivity index (χ1v) is 9.53. The van der Waals surface area contributed by atoms with Gasteiger partial charge in [0.2, 0.25) is 0 Å². The van der Waals surface area contributed by atoms with E-state index in [0.29, 0.717) is 12.4 Å². The van der Waals surface area contributed by atoms with Crippen LogP contribution in [0.25, 0.3) is 22.5 Å². The van der Waals surface area contributed by atoms with E-state index in [2.05, 4.69) is 0 Å². The molecule has 152 valence electrons. The van der Waals surface area contributed by atoms with Crippen LogP contribution in [0.2, 0.25) is 0 Å². The molecule has 2 aromatic carbocycles. The lowest BCUT2D eigenvalue weighted by Gasteiger charge is -2.19. The van der Waals surface area contributed by atoms with Crippen LogP contribution >= 0.6 is 0 Å². The highest BCUT2D eigenvalue weighted by molar-refractivity contribution is 5.94. The van der Waals surface area contributed by atoms with Crippen LogP contribution in [0.5, 0.6) is 11.5 Å². The van der Waals surface area contributed by atoms with Crippen LogP contribution in [0.4, 0.5) is 0 Å². The number of imidazole rings is 1. The van der Waals surface area contributed by atoms with Crippen LogP contribution < -0.4 is 9.47 Å². The van der Waals surface area contributed by atoms with Gasteiger partial charge in [-0.25, -0.2) is 4.98 Å². The van der Waals surface area contributed by atoms with Crippen molar-refractivity contribution in [3.63, 3.8) is 0 Å². The monoisotopic (exact) mass is 394 g/mol. The summed E-state index contributed by atoms with van der Waals surface area (Å²) in [6.45, 7) is 5.89. The molecule has 1 atom stereocenters. The number of aromatic nitrogens is 2. The van der Waals surface area contributed by atoms with Crippen LogP contribution in [0.15, 0.2) is 48.5 Å². The Kier molecular flexibility index (Phi) is 6.34. The van der Waals surface area contributed by atoms with Gasteiger partial charge >= 0.3 is 0 Å². The van der Waals surface area contributed by atoms with Crippen molar-refractivity contribution in [1.29, 1.82) is 0 Å². The Morgan fingerprint density at radius 2 is 1.48 bits per heavy atom. The molecule has 0 bridgehead atoms. The van der Waals surface area contributed by atoms with Gasteiger partial charge in [0.25, 0.3) is 0 Å². The Hall–Kier alpha value is -3.12. The number of benzene rings is 2. The van der Waals surface area contributed by atoms with Gasteiger partial charge in [0.15, 0.2) is 11.6 Å². The zero-order valence-electron chi connectivity index (χ0n) is 17.4. The highest BCUT2D eigenvalue weighted by atomic mass is 16.5. The van der Waals surface area contributed by atoms with E-state index in [1.165, 1.54) is 6.92 Å². The van der Waals surface area contributed by atoms with Crippen molar-refractivity contribution in [3.8, 4) is 34.0 Å². The first-order valence-electron chi connectivity index (χ1n) is 9.53. The van der Waals surface area contributed by atoms with Crippen molar-refractivity contribution >= 4 is 5.78 Å². The highest BCUT2D eigenvalue weighted by Gasteiger charge is 2.25. The Labute approximate surface area is 171 Å². The van der Waals surface area contributed by atoms with Crippen molar-refractivity contribution in [2.75, 3.05) is 20.8 Å². The van der Waals surface area contributed by atoms with Gasteiger partial charge in [0.1, 0.15) is 17.7 Å². The Morgan fingerprint density at radius 3 is 1.93 bits per heavy atom. The standard InChI is InChI=1S/C23H26N2O4/c1-6-29-16(3)25-22(18-9-13-20(28-5)14-10-18)21(24-23(25)15(2)26)17-7-11-19(27-4)12-8-17/h7-14,16H,6H2,1-5H3. The average molecular weight is 394 g/mol. The summed E-state index contributed by atoms with van der Waals surface area (Å²) in [7, 11) is 3.26. The van der Waals surface area contributed by atoms with Gasteiger partial charge < -0.3 is 14.2 Å². The van der Waals surface area contributed by atoms with Crippen molar-refractivity contribution < 1.29 is 19.0 Å². The lowest BCUT2D eigenvalue weighted by molar-refractivity contribution is 0.0239. The highest BCUT2D eigenvalue weighted by Crippen LogP contribution is 2.36. The first-order chi connectivity index (χ1) is 14.0. The maximum absolute atomic E-state index is 12.4. The molecule has 3 aromatic rings. The number of Topliss-reactive ketones (excluding diaryl/α,β-unsaturated/α-hetero) is 1. The number of hydrogen-bond acceptors (Lipinski definition) is 5. The number of carbonyl (C=O) groups is 1. The molecule has 0 fully saturated rings. The summed E-state index contributed by atoms with van der Waals surface area (Å²) in [6.07, 6.45) is -0.351. The van der Waals surface area contributed by atoms with E-state index in [4.69, 9.17) is 19.2 Å². The first kappa shape index (κ1) is 20.6. The lowest BCUT2D eigenvalue weighted by atomic mass is 10.0. The fourth-order valence-corrected chi connectivity index (χ4v) is 3.33. The summed E-state index contributed by atoms with van der Waals surface area (Å²) in [4.78, 5) is 17.1. The Balaban J connectivity index is 2.27. The summed E-state index contributed by atoms with van der Waals surface area (Å²) in [5, 5.41) is 0. The van der Waals surface area contributed by atoms with Gasteiger partial charge in [-0.3, -0.25) is 9.36 Å². The van der Waals surface area contributed by atoms with Crippen LogP contribution in [0.1, 0.15) is 37.6 Å². The number of ketones is 1. The molecule has 3 rings (SSSR count). The molecule has 6 nitrogen and oxygen atoms in total. The minimum atomic E-state index is -0.351. The normalized spacial score (nSPS) is 11.9. The maximum Gasteiger partial charge on any atom is 0.195 e. The quantitative estimate of drug-likeness (QED) is 0.504. The van der Waals surface area contributed by atoms with Gasteiger partial charge in [-0.15, -0.1) is 0 Å². The van der Waals surface area contributed by atoms with E-state index in [9.17, 15) is 4.79 Å². The Morgan fingerprint density at radius 1 is 0.966 bits per heavy atom. The SMILES string of the molecule is CCOC(C)n1c(C(C)=O)nc(-c2ccc(OC)cc2)c1-c1ccc(OC)cc1. The number of methoxy groups -OCH3 is 2. The van der Waals surface area contributed by atoms with Gasteiger partial charge in [0.05, 0.1) is 25.6 Å². The number of hydrogen-bond donors (Lipinski definition) is 0. The van der Waals surface area contributed by atoms with Crippen molar-refractivity contribution in [2.45, 2.75) is 27.0 Å². The zero-order valence-corrected chi connectivity index (χ0v) is 17.4. The molecule has 0 aliphatic heterocycles. The van der Waals surface area contributed by atoms with Gasteiger partial charge in [0, 0.05) is 24.7 Å². The van der Waals surface area contributed by atoms with Crippen LogP contribution in [-0.4, -0.2) is 36.2 Å². The lowest BCUT2D eigenvalue weighted by Crippen LogP contribution is -2.16. The predicted molar refractivity (Wildman–Crippen MR) is 113 cm³/mol. The van der Waals surface area contributed by atoms with Crippen LogP contribution in [-0.2, 0) is 4.74 Å². The minimum Gasteiger partial charge on any atom is -0.497 e. The molecule has 0 aliphatic carbocycles. The largest absolute Gasteiger partial charge is 0.497 e. The van der Waals surface area contributed by atoms with Gasteiger partial charge in [-0.1, -0.05) is 0 Å². The molecule has 1 unspecified atom stereocenters. The predicted octanol–water partition coefficient (Wildman–Crippen LogP) is 4.99. The van der Waals surface area contributed by atoms with E-state index in [-0.39, 0.29) is 12.0 Å². The van der Waals surface area contributed by atoms with E-state index >= 15 is 0 Å². The molecular formula is C23H26N2O4. The van der Waals surface area contributed by atoms with E-state index in [1.54, 1.807) is 14.2 Å². The average Bonchev–Trinajstić information content (AvgIpc) is 3.15. The zero-order chi connectivity index (χ0) is 21.0. The van der Waals surface area contributed by atoms with Crippen LogP contribution in [0.3, 0.4) is 0 Å². The number of carbonyl (C=O) groups excluding carboxylic acids is 1. The molecule has 0 N–H and O–H groups in total. The molecule has 0 spiro atoms. The summed E-state index contributed by atoms with van der Waals surface area (Å²) in [6, 6.07) is 15.3. The molecule has 1 heterocycles. The van der Waals surface area contributed by atoms with Crippen molar-refractivity contribution in [3.05, 3.63) is 54.4 Å². The molecule has 0 amide bonds. The van der Waals surface area contributed by atoms with E-state index in [0.717, 1.165) is 34.0 Å². The topological polar surface area (TPSA) is 62.6 Å². The molecule has 29 heavy (non-hydrogen) atoms. The fourth-order valence-electron chi connectivity index (χ4n) is 3.33. The molecule has 0 radical (unpaired) electrons. The fraction of sp³-hybridized carbons (Fsp3) is 0.304. The third-order valence-electron chi connectivity index (χ3n) is 4.72. The minimum absolute atomic E-state index is 0.119. The van der Waals surface area contributed by atoms with E-state index in [1.807, 2.05) is 66.9 Å². The molecule has 0 saturated carbocycles.